The summed E-state index contributed by atoms with van der Waals surface area (Å²) in [6.07, 6.45) is 3.29. The maximum atomic E-state index is 12.1. The molecule has 0 aromatic carbocycles. The Labute approximate surface area is 119 Å². The van der Waals surface area contributed by atoms with Crippen LogP contribution in [0, 0.1) is 11.8 Å². The Hall–Kier alpha value is -1.14. The molecule has 0 radical (unpaired) electrons. The summed E-state index contributed by atoms with van der Waals surface area (Å²) < 4.78 is 4.90. The Balaban J connectivity index is 2.50. The lowest BCUT2D eigenvalue weighted by Gasteiger charge is -2.29. The normalized spacial score (nSPS) is 25.8. The van der Waals surface area contributed by atoms with Crippen molar-refractivity contribution in [2.24, 2.45) is 11.8 Å². The molecule has 0 heterocycles. The maximum Gasteiger partial charge on any atom is 0.307 e. The third kappa shape index (κ3) is 5.09. The minimum Gasteiger partial charge on any atom is -0.481 e. The second-order valence-corrected chi connectivity index (χ2v) is 5.79. The molecule has 1 aliphatic rings. The molecule has 1 unspecified atom stereocenters. The Morgan fingerprint density at radius 2 is 1.90 bits per heavy atom. The lowest BCUT2D eigenvalue weighted by molar-refractivity contribution is -0.149. The van der Waals surface area contributed by atoms with E-state index in [2.05, 4.69) is 5.32 Å². The molecular weight excluding hydrogens is 262 g/mol. The lowest BCUT2D eigenvalue weighted by Crippen LogP contribution is -2.46. The van der Waals surface area contributed by atoms with Gasteiger partial charge in [-0.1, -0.05) is 12.8 Å². The molecule has 6 nitrogen and oxygen atoms in total. The molecule has 6 heteroatoms. The number of carbonyl (C=O) groups is 2. The zero-order chi connectivity index (χ0) is 15.2. The molecule has 0 saturated heterocycles. The smallest absolute Gasteiger partial charge is 0.307 e. The van der Waals surface area contributed by atoms with E-state index in [0.29, 0.717) is 25.9 Å². The van der Waals surface area contributed by atoms with Crippen molar-refractivity contribution in [3.8, 4) is 0 Å². The van der Waals surface area contributed by atoms with Crippen LogP contribution in [-0.4, -0.2) is 48.0 Å². The maximum absolute atomic E-state index is 12.1. The number of amides is 1. The molecule has 3 N–H and O–H groups in total. The monoisotopic (exact) mass is 287 g/mol. The molecule has 3 atom stereocenters. The van der Waals surface area contributed by atoms with Crippen molar-refractivity contribution in [3.05, 3.63) is 0 Å². The van der Waals surface area contributed by atoms with Crippen LogP contribution in [0.3, 0.4) is 0 Å². The van der Waals surface area contributed by atoms with Gasteiger partial charge in [0, 0.05) is 26.7 Å². The van der Waals surface area contributed by atoms with Crippen LogP contribution < -0.4 is 5.32 Å². The minimum atomic E-state index is -1.04. The van der Waals surface area contributed by atoms with E-state index in [1.807, 2.05) is 0 Å². The fraction of sp³-hybridized carbons (Fsp3) is 0.857. The van der Waals surface area contributed by atoms with Crippen LogP contribution in [0.1, 0.15) is 39.0 Å². The molecule has 116 valence electrons. The second-order valence-electron chi connectivity index (χ2n) is 5.79. The predicted octanol–water partition coefficient (Wildman–Crippen LogP) is 0.781. The third-order valence-electron chi connectivity index (χ3n) is 3.91. The van der Waals surface area contributed by atoms with Crippen molar-refractivity contribution < 1.29 is 24.5 Å². The average Bonchev–Trinajstić information content (AvgIpc) is 2.42. The van der Waals surface area contributed by atoms with E-state index in [0.717, 1.165) is 12.8 Å². The Morgan fingerprint density at radius 3 is 2.45 bits per heavy atom. The van der Waals surface area contributed by atoms with Crippen LogP contribution in [0.25, 0.3) is 0 Å². The topological polar surface area (TPSA) is 95.9 Å². The Kier molecular flexibility index (Phi) is 6.42. The third-order valence-corrected chi connectivity index (χ3v) is 3.91. The molecule has 1 saturated carbocycles. The zero-order valence-corrected chi connectivity index (χ0v) is 12.2. The van der Waals surface area contributed by atoms with Crippen molar-refractivity contribution in [1.29, 1.82) is 0 Å². The Morgan fingerprint density at radius 1 is 1.30 bits per heavy atom. The van der Waals surface area contributed by atoms with E-state index in [9.17, 15) is 14.7 Å². The number of carboxylic acids is 1. The van der Waals surface area contributed by atoms with Gasteiger partial charge >= 0.3 is 5.97 Å². The van der Waals surface area contributed by atoms with Crippen LogP contribution >= 0.6 is 0 Å². The first kappa shape index (κ1) is 16.9. The predicted molar refractivity (Wildman–Crippen MR) is 73.2 cm³/mol. The van der Waals surface area contributed by atoms with Gasteiger partial charge in [-0.2, -0.15) is 0 Å². The molecule has 1 fully saturated rings. The SMILES string of the molecule is COCCC(C)(O)CNC(=O)[C@@H]1CCCC[C@@H]1C(=O)O. The summed E-state index contributed by atoms with van der Waals surface area (Å²) in [5.74, 6) is -2.27. The van der Waals surface area contributed by atoms with Crippen molar-refractivity contribution in [3.63, 3.8) is 0 Å². The van der Waals surface area contributed by atoms with Crippen molar-refractivity contribution in [2.45, 2.75) is 44.6 Å². The average molecular weight is 287 g/mol. The quantitative estimate of drug-likeness (QED) is 0.643. The molecular formula is C14H25NO5. The number of methoxy groups -OCH3 is 1. The summed E-state index contributed by atoms with van der Waals surface area (Å²) in [6, 6.07) is 0. The van der Waals surface area contributed by atoms with Crippen molar-refractivity contribution >= 4 is 11.9 Å². The van der Waals surface area contributed by atoms with Crippen LogP contribution in [0.5, 0.6) is 0 Å². The van der Waals surface area contributed by atoms with Gasteiger partial charge in [0.15, 0.2) is 0 Å². The van der Waals surface area contributed by atoms with Crippen molar-refractivity contribution in [2.75, 3.05) is 20.3 Å². The highest BCUT2D eigenvalue weighted by Gasteiger charge is 2.36. The first-order valence-electron chi connectivity index (χ1n) is 7.09. The second kappa shape index (κ2) is 7.59. The Bertz CT molecular complexity index is 342. The highest BCUT2D eigenvalue weighted by atomic mass is 16.5. The van der Waals surface area contributed by atoms with E-state index in [4.69, 9.17) is 9.84 Å². The summed E-state index contributed by atoms with van der Waals surface area (Å²) in [4.78, 5) is 23.3. The molecule has 1 aliphatic carbocycles. The number of nitrogens with one attached hydrogen (secondary N) is 1. The van der Waals surface area contributed by atoms with Gasteiger partial charge in [0.1, 0.15) is 0 Å². The molecule has 1 amide bonds. The highest BCUT2D eigenvalue weighted by molar-refractivity contribution is 5.84. The van der Waals surface area contributed by atoms with E-state index in [1.54, 1.807) is 14.0 Å². The van der Waals surface area contributed by atoms with Gasteiger partial charge in [-0.05, 0) is 19.8 Å². The molecule has 0 aromatic rings. The van der Waals surface area contributed by atoms with Gasteiger partial charge in [0.25, 0.3) is 0 Å². The molecule has 20 heavy (non-hydrogen) atoms. The number of aliphatic carboxylic acids is 1. The number of ether oxygens (including phenoxy) is 1. The summed E-state index contributed by atoms with van der Waals surface area (Å²) in [5, 5.41) is 21.9. The van der Waals surface area contributed by atoms with Gasteiger partial charge < -0.3 is 20.3 Å². The fourth-order valence-corrected chi connectivity index (χ4v) is 2.56. The molecule has 0 aliphatic heterocycles. The largest absolute Gasteiger partial charge is 0.481 e. The van der Waals surface area contributed by atoms with Gasteiger partial charge in [-0.3, -0.25) is 9.59 Å². The number of carboxylic acid groups (broad SMARTS) is 1. The van der Waals surface area contributed by atoms with E-state index in [1.165, 1.54) is 0 Å². The van der Waals surface area contributed by atoms with Crippen molar-refractivity contribution in [1.82, 2.24) is 5.32 Å². The summed E-state index contributed by atoms with van der Waals surface area (Å²) in [7, 11) is 1.55. The minimum absolute atomic E-state index is 0.109. The first-order chi connectivity index (χ1) is 9.37. The summed E-state index contributed by atoms with van der Waals surface area (Å²) in [6.45, 7) is 2.14. The van der Waals surface area contributed by atoms with E-state index < -0.39 is 23.4 Å². The standard InChI is InChI=1S/C14H25NO5/c1-14(19,7-8-20-2)9-15-12(16)10-5-3-4-6-11(10)13(17)18/h10-11,19H,3-9H2,1-2H3,(H,15,16)(H,17,18)/t10-,11+,14?/m1/s1. The van der Waals surface area contributed by atoms with E-state index in [-0.39, 0.29) is 12.5 Å². The van der Waals surface area contributed by atoms with Gasteiger partial charge in [-0.15, -0.1) is 0 Å². The number of aliphatic hydroxyl groups is 1. The van der Waals surface area contributed by atoms with Crippen LogP contribution in [0.2, 0.25) is 0 Å². The number of carbonyl (C=O) groups excluding carboxylic acids is 1. The molecule has 0 spiro atoms. The van der Waals surface area contributed by atoms with Crippen LogP contribution in [-0.2, 0) is 14.3 Å². The van der Waals surface area contributed by atoms with Crippen LogP contribution in [0.15, 0.2) is 0 Å². The number of hydrogen-bond acceptors (Lipinski definition) is 4. The number of hydrogen-bond donors (Lipinski definition) is 3. The van der Waals surface area contributed by atoms with Gasteiger partial charge in [0.05, 0.1) is 17.4 Å². The molecule has 0 aromatic heterocycles. The zero-order valence-electron chi connectivity index (χ0n) is 12.2. The van der Waals surface area contributed by atoms with E-state index >= 15 is 0 Å². The first-order valence-corrected chi connectivity index (χ1v) is 7.09. The highest BCUT2D eigenvalue weighted by Crippen LogP contribution is 2.30. The lowest BCUT2D eigenvalue weighted by atomic mass is 9.78. The summed E-state index contributed by atoms with van der Waals surface area (Å²) in [5.41, 5.74) is -1.04. The van der Waals surface area contributed by atoms with Gasteiger partial charge in [-0.25, -0.2) is 0 Å². The summed E-state index contributed by atoms with van der Waals surface area (Å²) >= 11 is 0. The van der Waals surface area contributed by atoms with Gasteiger partial charge in [0.2, 0.25) is 5.91 Å². The number of rotatable bonds is 7. The molecule has 0 bridgehead atoms. The van der Waals surface area contributed by atoms with Crippen LogP contribution in [0.4, 0.5) is 0 Å². The molecule has 1 rings (SSSR count). The fourth-order valence-electron chi connectivity index (χ4n) is 2.56.